The van der Waals surface area contributed by atoms with Crippen molar-refractivity contribution in [1.29, 1.82) is 5.41 Å². The van der Waals surface area contributed by atoms with E-state index in [2.05, 4.69) is 15.8 Å². The van der Waals surface area contributed by atoms with Crippen LogP contribution in [0.2, 0.25) is 0 Å². The Morgan fingerprint density at radius 1 is 1.29 bits per heavy atom. The first-order chi connectivity index (χ1) is 9.90. The molecule has 0 atom stereocenters. The van der Waals surface area contributed by atoms with Crippen LogP contribution in [-0.2, 0) is 0 Å². The second-order valence-electron chi connectivity index (χ2n) is 3.93. The summed E-state index contributed by atoms with van der Waals surface area (Å²) in [6.07, 6.45) is 0. The van der Waals surface area contributed by atoms with E-state index in [0.717, 1.165) is 0 Å². The van der Waals surface area contributed by atoms with Gasteiger partial charge in [-0.1, -0.05) is 0 Å². The van der Waals surface area contributed by atoms with E-state index in [4.69, 9.17) is 17.0 Å². The zero-order valence-electron chi connectivity index (χ0n) is 10.5. The summed E-state index contributed by atoms with van der Waals surface area (Å²) in [7, 11) is 0. The van der Waals surface area contributed by atoms with Crippen molar-refractivity contribution in [3.8, 4) is 6.01 Å². The molecule has 0 amide bonds. The standard InChI is InChI=1S/C10H12N8O3/c11-8-7(9(12)17(13)10(19)14-8)16-15-5-1-3-6(4-2-5)18(20)21/h1-4,12,15-16H,11,13H2,(H,14,19)/p-1. The first-order valence-electron chi connectivity index (χ1n) is 5.56. The third-order valence-electron chi connectivity index (χ3n) is 2.57. The van der Waals surface area contributed by atoms with Crippen molar-refractivity contribution in [3.63, 3.8) is 0 Å². The number of anilines is 3. The van der Waals surface area contributed by atoms with E-state index in [1.165, 1.54) is 24.3 Å². The second-order valence-corrected chi connectivity index (χ2v) is 3.93. The summed E-state index contributed by atoms with van der Waals surface area (Å²) in [6.45, 7) is 0. The highest BCUT2D eigenvalue weighted by Crippen LogP contribution is 2.16. The van der Waals surface area contributed by atoms with E-state index < -0.39 is 10.9 Å². The van der Waals surface area contributed by atoms with Crippen molar-refractivity contribution in [2.45, 2.75) is 0 Å². The summed E-state index contributed by atoms with van der Waals surface area (Å²) in [6, 6.07) is 4.67. The quantitative estimate of drug-likeness (QED) is 0.272. The number of nitro benzene ring substituents is 1. The number of nitrogen functional groups attached to an aromatic ring is 2. The fraction of sp³-hybridized carbons (Fsp3) is 0. The van der Waals surface area contributed by atoms with Gasteiger partial charge in [-0.3, -0.25) is 20.9 Å². The van der Waals surface area contributed by atoms with Gasteiger partial charge in [0.1, 0.15) is 5.69 Å². The van der Waals surface area contributed by atoms with Crippen molar-refractivity contribution in [1.82, 2.24) is 9.66 Å². The predicted molar refractivity (Wildman–Crippen MR) is 72.4 cm³/mol. The summed E-state index contributed by atoms with van der Waals surface area (Å²) >= 11 is 0. The molecule has 110 valence electrons. The Morgan fingerprint density at radius 2 is 1.90 bits per heavy atom. The van der Waals surface area contributed by atoms with Crippen LogP contribution in [0.15, 0.2) is 24.3 Å². The summed E-state index contributed by atoms with van der Waals surface area (Å²) in [5.41, 5.74) is 10.9. The van der Waals surface area contributed by atoms with E-state index in [-0.39, 0.29) is 22.7 Å². The van der Waals surface area contributed by atoms with Crippen LogP contribution < -0.4 is 33.0 Å². The Bertz CT molecular complexity index is 739. The number of benzene rings is 1. The second kappa shape index (κ2) is 5.24. The molecule has 11 nitrogen and oxygen atoms in total. The van der Waals surface area contributed by atoms with Gasteiger partial charge >= 0.3 is 0 Å². The Hall–Kier alpha value is -3.50. The van der Waals surface area contributed by atoms with Gasteiger partial charge in [-0.25, -0.2) is 9.66 Å². The lowest BCUT2D eigenvalue weighted by Crippen LogP contribution is -2.34. The van der Waals surface area contributed by atoms with Gasteiger partial charge in [-0.05, 0) is 12.1 Å². The molecule has 1 heterocycles. The number of nitrogens with one attached hydrogen (secondary N) is 3. The SMILES string of the molecule is N=c1c(NNc2ccc([N+](=O)[O-])cc2)c(N)nc([O-])n1N. The van der Waals surface area contributed by atoms with Crippen LogP contribution >= 0.6 is 0 Å². The van der Waals surface area contributed by atoms with Crippen molar-refractivity contribution >= 4 is 22.9 Å². The number of nitrogens with zero attached hydrogens (tertiary/aromatic N) is 3. The molecule has 0 fully saturated rings. The number of non-ortho nitro benzene ring substituents is 1. The monoisotopic (exact) mass is 291 g/mol. The lowest BCUT2D eigenvalue weighted by Gasteiger charge is -2.17. The van der Waals surface area contributed by atoms with Gasteiger partial charge in [0.15, 0.2) is 11.3 Å². The minimum atomic E-state index is -0.849. The lowest BCUT2D eigenvalue weighted by atomic mass is 10.3. The van der Waals surface area contributed by atoms with Gasteiger partial charge in [0.2, 0.25) is 0 Å². The smallest absolute Gasteiger partial charge is 0.269 e. The Morgan fingerprint density at radius 3 is 2.48 bits per heavy atom. The molecular formula is C10H11N8O3-. The maximum atomic E-state index is 11.2. The van der Waals surface area contributed by atoms with Crippen LogP contribution in [0.1, 0.15) is 0 Å². The first-order valence-corrected chi connectivity index (χ1v) is 5.56. The average molecular weight is 291 g/mol. The molecule has 11 heteroatoms. The maximum Gasteiger partial charge on any atom is 0.269 e. The molecular weight excluding hydrogens is 280 g/mol. The van der Waals surface area contributed by atoms with Crippen molar-refractivity contribution < 1.29 is 10.0 Å². The molecule has 2 rings (SSSR count). The average Bonchev–Trinajstić information content (AvgIpc) is 2.45. The number of hydrogen-bond donors (Lipinski definition) is 5. The fourth-order valence-electron chi connectivity index (χ4n) is 1.47. The number of rotatable bonds is 4. The maximum absolute atomic E-state index is 11.2. The lowest BCUT2D eigenvalue weighted by molar-refractivity contribution is -0.384. The van der Waals surface area contributed by atoms with Gasteiger partial charge < -0.3 is 22.1 Å². The Kier molecular flexibility index (Phi) is 3.47. The van der Waals surface area contributed by atoms with Crippen molar-refractivity contribution in [2.24, 2.45) is 0 Å². The zero-order chi connectivity index (χ0) is 15.6. The van der Waals surface area contributed by atoms with Crippen LogP contribution in [0, 0.1) is 15.5 Å². The number of aromatic nitrogens is 2. The van der Waals surface area contributed by atoms with Crippen molar-refractivity contribution in [2.75, 3.05) is 22.4 Å². The van der Waals surface area contributed by atoms with Crippen LogP contribution in [0.4, 0.5) is 22.9 Å². The molecule has 0 spiro atoms. The molecule has 0 unspecified atom stereocenters. The Balaban J connectivity index is 2.19. The van der Waals surface area contributed by atoms with Crippen LogP contribution in [-0.4, -0.2) is 14.6 Å². The fourth-order valence-corrected chi connectivity index (χ4v) is 1.47. The molecule has 0 radical (unpaired) electrons. The molecule has 21 heavy (non-hydrogen) atoms. The topological polar surface area (TPSA) is 184 Å². The molecule has 1 aromatic heterocycles. The number of nitro groups is 1. The molecule has 0 aliphatic heterocycles. The molecule has 1 aromatic carbocycles. The molecule has 0 aliphatic rings. The number of hydrogen-bond acceptors (Lipinski definition) is 9. The van der Waals surface area contributed by atoms with Gasteiger partial charge in [-0.15, -0.1) is 0 Å². The Labute approximate surface area is 117 Å². The van der Waals surface area contributed by atoms with E-state index >= 15 is 0 Å². The third kappa shape index (κ3) is 2.75. The molecule has 0 saturated carbocycles. The zero-order valence-corrected chi connectivity index (χ0v) is 10.5. The molecule has 0 bridgehead atoms. The van der Waals surface area contributed by atoms with Crippen LogP contribution in [0.3, 0.4) is 0 Å². The van der Waals surface area contributed by atoms with Gasteiger partial charge in [0.25, 0.3) is 5.69 Å². The highest BCUT2D eigenvalue weighted by atomic mass is 16.6. The predicted octanol–water partition coefficient (Wildman–Crippen LogP) is -0.921. The van der Waals surface area contributed by atoms with Gasteiger partial charge in [0, 0.05) is 12.1 Å². The minimum Gasteiger partial charge on any atom is -0.844 e. The molecule has 7 N–H and O–H groups in total. The van der Waals surface area contributed by atoms with Gasteiger partial charge in [-0.2, -0.15) is 0 Å². The molecule has 0 aliphatic carbocycles. The van der Waals surface area contributed by atoms with E-state index in [1.807, 2.05) is 0 Å². The summed E-state index contributed by atoms with van der Waals surface area (Å²) < 4.78 is 0.524. The van der Waals surface area contributed by atoms with Crippen LogP contribution in [0.25, 0.3) is 0 Å². The van der Waals surface area contributed by atoms with E-state index in [9.17, 15) is 15.2 Å². The van der Waals surface area contributed by atoms with Crippen LogP contribution in [0.5, 0.6) is 6.01 Å². The van der Waals surface area contributed by atoms with Crippen molar-refractivity contribution in [3.05, 3.63) is 39.9 Å². The molecule has 0 saturated heterocycles. The summed E-state index contributed by atoms with van der Waals surface area (Å²) in [5, 5.41) is 29.4. The molecule has 2 aromatic rings. The summed E-state index contributed by atoms with van der Waals surface area (Å²) in [5.74, 6) is 5.14. The highest BCUT2D eigenvalue weighted by molar-refractivity contribution is 5.63. The van der Waals surface area contributed by atoms with E-state index in [1.54, 1.807) is 0 Å². The normalized spacial score (nSPS) is 10.1. The summed E-state index contributed by atoms with van der Waals surface area (Å²) in [4.78, 5) is 13.4. The largest absolute Gasteiger partial charge is 0.844 e. The number of hydrazine groups is 1. The number of nitrogens with two attached hydrogens (primary N) is 2. The first kappa shape index (κ1) is 13.9. The third-order valence-corrected chi connectivity index (χ3v) is 2.57. The highest BCUT2D eigenvalue weighted by Gasteiger charge is 2.07. The minimum absolute atomic E-state index is 0.00968. The van der Waals surface area contributed by atoms with E-state index in [0.29, 0.717) is 10.4 Å². The van der Waals surface area contributed by atoms with Gasteiger partial charge in [0.05, 0.1) is 16.6 Å².